The minimum Gasteiger partial charge on any atom is -0.495 e. The van der Waals surface area contributed by atoms with Crippen LogP contribution in [0.4, 0.5) is 5.69 Å². The van der Waals surface area contributed by atoms with Crippen molar-refractivity contribution >= 4 is 35.3 Å². The smallest absolute Gasteiger partial charge is 0.329 e. The lowest BCUT2D eigenvalue weighted by Crippen LogP contribution is -2.32. The number of hydrogen-bond acceptors (Lipinski definition) is 5. The zero-order valence-corrected chi connectivity index (χ0v) is 17.4. The second-order valence-corrected chi connectivity index (χ2v) is 6.77. The molecule has 3 rings (SSSR count). The number of benzene rings is 3. The van der Waals surface area contributed by atoms with Gasteiger partial charge in [-0.25, -0.2) is 5.43 Å². The Labute approximate surface area is 184 Å². The van der Waals surface area contributed by atoms with Crippen molar-refractivity contribution < 1.29 is 19.1 Å². The van der Waals surface area contributed by atoms with Crippen LogP contribution >= 0.6 is 11.6 Å². The molecule has 0 spiro atoms. The van der Waals surface area contributed by atoms with Crippen LogP contribution in [0.15, 0.2) is 77.9 Å². The second kappa shape index (κ2) is 10.8. The number of carbonyl (C=O) groups excluding carboxylic acids is 2. The van der Waals surface area contributed by atoms with Crippen molar-refractivity contribution in [1.82, 2.24) is 5.43 Å². The number of rotatable bonds is 7. The molecule has 0 unspecified atom stereocenters. The first-order valence-electron chi connectivity index (χ1n) is 9.30. The van der Waals surface area contributed by atoms with E-state index in [4.69, 9.17) is 21.1 Å². The van der Waals surface area contributed by atoms with Gasteiger partial charge >= 0.3 is 11.8 Å². The van der Waals surface area contributed by atoms with Gasteiger partial charge in [0, 0.05) is 5.02 Å². The first kappa shape index (κ1) is 21.9. The first-order valence-corrected chi connectivity index (χ1v) is 9.67. The molecule has 0 saturated heterocycles. The van der Waals surface area contributed by atoms with Gasteiger partial charge in [-0.2, -0.15) is 5.10 Å². The number of nitrogens with zero attached hydrogens (tertiary/aromatic N) is 1. The summed E-state index contributed by atoms with van der Waals surface area (Å²) in [6.07, 6.45) is 1.43. The minimum absolute atomic E-state index is 0.392. The van der Waals surface area contributed by atoms with Crippen LogP contribution in [0, 0.1) is 0 Å². The van der Waals surface area contributed by atoms with E-state index in [-0.39, 0.29) is 0 Å². The molecule has 7 nitrogen and oxygen atoms in total. The maximum Gasteiger partial charge on any atom is 0.329 e. The van der Waals surface area contributed by atoms with Crippen LogP contribution in [0.5, 0.6) is 11.5 Å². The molecular weight excluding hydrogens is 418 g/mol. The number of para-hydroxylation sites is 2. The van der Waals surface area contributed by atoms with Gasteiger partial charge in [-0.05, 0) is 59.7 Å². The van der Waals surface area contributed by atoms with Crippen LogP contribution in [0.25, 0.3) is 0 Å². The van der Waals surface area contributed by atoms with E-state index in [9.17, 15) is 9.59 Å². The Morgan fingerprint density at radius 1 is 0.968 bits per heavy atom. The molecule has 2 N–H and O–H groups in total. The summed E-state index contributed by atoms with van der Waals surface area (Å²) in [4.78, 5) is 23.9. The van der Waals surface area contributed by atoms with Gasteiger partial charge in [0.25, 0.3) is 0 Å². The Hall–Kier alpha value is -3.84. The summed E-state index contributed by atoms with van der Waals surface area (Å²) in [5, 5.41) is 6.96. The number of hydrazone groups is 1. The van der Waals surface area contributed by atoms with E-state index in [0.717, 1.165) is 11.1 Å². The Bertz CT molecular complexity index is 1070. The normalized spacial score (nSPS) is 10.5. The lowest BCUT2D eigenvalue weighted by molar-refractivity contribution is -0.136. The third-order valence-corrected chi connectivity index (χ3v) is 4.39. The number of halogens is 1. The van der Waals surface area contributed by atoms with Gasteiger partial charge in [-0.1, -0.05) is 35.9 Å². The van der Waals surface area contributed by atoms with E-state index < -0.39 is 11.8 Å². The van der Waals surface area contributed by atoms with Gasteiger partial charge in [-0.3, -0.25) is 9.59 Å². The number of hydrogen-bond donors (Lipinski definition) is 2. The SMILES string of the molecule is COc1ccccc1NC(=O)C(=O)N/N=C/c1ccc(OCc2ccc(Cl)cc2)cc1. The number of ether oxygens (including phenoxy) is 2. The molecular formula is C23H20ClN3O4. The lowest BCUT2D eigenvalue weighted by Gasteiger charge is -2.08. The van der Waals surface area contributed by atoms with E-state index in [0.29, 0.717) is 28.8 Å². The largest absolute Gasteiger partial charge is 0.495 e. The summed E-state index contributed by atoms with van der Waals surface area (Å²) >= 11 is 5.87. The molecule has 8 heteroatoms. The topological polar surface area (TPSA) is 89.0 Å². The van der Waals surface area contributed by atoms with E-state index >= 15 is 0 Å². The zero-order valence-electron chi connectivity index (χ0n) is 16.7. The molecule has 0 saturated carbocycles. The van der Waals surface area contributed by atoms with Crippen molar-refractivity contribution in [2.75, 3.05) is 12.4 Å². The molecule has 0 heterocycles. The van der Waals surface area contributed by atoms with Crippen LogP contribution < -0.4 is 20.2 Å². The molecule has 3 aromatic rings. The summed E-state index contributed by atoms with van der Waals surface area (Å²) in [5.74, 6) is -0.615. The zero-order chi connectivity index (χ0) is 22.1. The Morgan fingerprint density at radius 3 is 2.39 bits per heavy atom. The highest BCUT2D eigenvalue weighted by atomic mass is 35.5. The third kappa shape index (κ3) is 6.58. The molecule has 0 atom stereocenters. The van der Waals surface area contributed by atoms with E-state index in [1.165, 1.54) is 13.3 Å². The molecule has 2 amide bonds. The summed E-state index contributed by atoms with van der Waals surface area (Å²) in [5.41, 5.74) is 4.31. The monoisotopic (exact) mass is 437 g/mol. The number of carbonyl (C=O) groups is 2. The number of amides is 2. The van der Waals surface area contributed by atoms with E-state index in [1.807, 2.05) is 24.3 Å². The molecule has 0 aliphatic rings. The predicted molar refractivity (Wildman–Crippen MR) is 120 cm³/mol. The van der Waals surface area contributed by atoms with Gasteiger partial charge in [0.05, 0.1) is 19.0 Å². The average Bonchev–Trinajstić information content (AvgIpc) is 2.80. The van der Waals surface area contributed by atoms with Gasteiger partial charge in [0.1, 0.15) is 18.1 Å². The first-order chi connectivity index (χ1) is 15.0. The fourth-order valence-electron chi connectivity index (χ4n) is 2.54. The maximum atomic E-state index is 12.0. The molecule has 0 radical (unpaired) electrons. The summed E-state index contributed by atoms with van der Waals surface area (Å²) < 4.78 is 10.8. The Kier molecular flexibility index (Phi) is 7.61. The lowest BCUT2D eigenvalue weighted by atomic mass is 10.2. The van der Waals surface area contributed by atoms with Crippen LogP contribution in [-0.4, -0.2) is 25.1 Å². The average molecular weight is 438 g/mol. The number of methoxy groups -OCH3 is 1. The van der Waals surface area contributed by atoms with Crippen molar-refractivity contribution in [3.05, 3.63) is 88.9 Å². The predicted octanol–water partition coefficient (Wildman–Crippen LogP) is 4.02. The number of nitrogens with one attached hydrogen (secondary N) is 2. The molecule has 0 fully saturated rings. The molecule has 158 valence electrons. The highest BCUT2D eigenvalue weighted by Gasteiger charge is 2.14. The maximum absolute atomic E-state index is 12.0. The van der Waals surface area contributed by atoms with Crippen molar-refractivity contribution in [3.63, 3.8) is 0 Å². The highest BCUT2D eigenvalue weighted by molar-refractivity contribution is 6.39. The molecule has 0 aliphatic carbocycles. The van der Waals surface area contributed by atoms with Crippen molar-refractivity contribution in [3.8, 4) is 11.5 Å². The van der Waals surface area contributed by atoms with Gasteiger partial charge in [0.2, 0.25) is 0 Å². The summed E-state index contributed by atoms with van der Waals surface area (Å²) in [6, 6.07) is 21.3. The van der Waals surface area contributed by atoms with E-state index in [2.05, 4.69) is 15.8 Å². The second-order valence-electron chi connectivity index (χ2n) is 6.34. The van der Waals surface area contributed by atoms with Crippen LogP contribution in [0.1, 0.15) is 11.1 Å². The Balaban J connectivity index is 1.48. The minimum atomic E-state index is -0.898. The third-order valence-electron chi connectivity index (χ3n) is 4.14. The molecule has 0 aliphatic heterocycles. The van der Waals surface area contributed by atoms with Gasteiger partial charge in [0.15, 0.2) is 0 Å². The highest BCUT2D eigenvalue weighted by Crippen LogP contribution is 2.22. The summed E-state index contributed by atoms with van der Waals surface area (Å²) in [6.45, 7) is 0.419. The molecule has 3 aromatic carbocycles. The molecule has 31 heavy (non-hydrogen) atoms. The van der Waals surface area contributed by atoms with Crippen molar-refractivity contribution in [2.24, 2.45) is 5.10 Å². The molecule has 0 aromatic heterocycles. The quantitative estimate of drug-likeness (QED) is 0.332. The van der Waals surface area contributed by atoms with Crippen LogP contribution in [0.2, 0.25) is 5.02 Å². The van der Waals surface area contributed by atoms with Crippen molar-refractivity contribution in [1.29, 1.82) is 0 Å². The van der Waals surface area contributed by atoms with E-state index in [1.54, 1.807) is 48.5 Å². The standard InChI is InChI=1S/C23H20ClN3O4/c1-30-21-5-3-2-4-20(21)26-22(28)23(29)27-25-14-16-8-12-19(13-9-16)31-15-17-6-10-18(24)11-7-17/h2-14H,15H2,1H3,(H,26,28)(H,27,29)/b25-14+. The van der Waals surface area contributed by atoms with Crippen LogP contribution in [0.3, 0.4) is 0 Å². The van der Waals surface area contributed by atoms with Gasteiger partial charge in [-0.15, -0.1) is 0 Å². The molecule has 0 bridgehead atoms. The Morgan fingerprint density at radius 2 is 1.68 bits per heavy atom. The van der Waals surface area contributed by atoms with Crippen LogP contribution in [-0.2, 0) is 16.2 Å². The fourth-order valence-corrected chi connectivity index (χ4v) is 2.67. The summed E-state index contributed by atoms with van der Waals surface area (Å²) in [7, 11) is 1.48. The fraction of sp³-hybridized carbons (Fsp3) is 0.0870. The van der Waals surface area contributed by atoms with Gasteiger partial charge < -0.3 is 14.8 Å². The number of anilines is 1. The van der Waals surface area contributed by atoms with Crippen molar-refractivity contribution in [2.45, 2.75) is 6.61 Å².